The Hall–Kier alpha value is -3.67. The van der Waals surface area contributed by atoms with Crippen molar-refractivity contribution in [3.8, 4) is 5.75 Å². The second-order valence-electron chi connectivity index (χ2n) is 6.06. The molecule has 4 aromatic rings. The van der Waals surface area contributed by atoms with Crippen molar-refractivity contribution in [2.45, 2.75) is 13.2 Å². The molecule has 0 fully saturated rings. The molecule has 3 heterocycles. The first-order valence-electron chi connectivity index (χ1n) is 8.60. The number of ether oxygens (including phenoxy) is 1. The summed E-state index contributed by atoms with van der Waals surface area (Å²) < 4.78 is 7.75. The molecule has 27 heavy (non-hydrogen) atoms. The van der Waals surface area contributed by atoms with Gasteiger partial charge in [0.25, 0.3) is 5.91 Å². The van der Waals surface area contributed by atoms with Crippen molar-refractivity contribution >= 4 is 11.6 Å². The highest BCUT2D eigenvalue weighted by Crippen LogP contribution is 2.15. The number of amides is 1. The van der Waals surface area contributed by atoms with Crippen molar-refractivity contribution in [1.82, 2.24) is 19.7 Å². The molecule has 6 heteroatoms. The van der Waals surface area contributed by atoms with E-state index >= 15 is 0 Å². The Morgan fingerprint density at radius 2 is 2.07 bits per heavy atom. The monoisotopic (exact) mass is 358 g/mol. The van der Waals surface area contributed by atoms with Gasteiger partial charge < -0.3 is 14.5 Å². The fourth-order valence-corrected chi connectivity index (χ4v) is 2.73. The normalized spacial score (nSPS) is 10.7. The molecule has 4 rings (SSSR count). The quantitative estimate of drug-likeness (QED) is 0.574. The van der Waals surface area contributed by atoms with Crippen molar-refractivity contribution < 1.29 is 9.53 Å². The van der Waals surface area contributed by atoms with Gasteiger partial charge in [0.15, 0.2) is 0 Å². The number of carbonyl (C=O) groups is 1. The standard InChI is InChI=1S/C21H18N4O2/c26-21(23-13-16-5-4-9-22-12-16)17-6-3-7-19(11-17)27-15-18-14-25-10-2-1-8-20(25)24-18/h1-12,14H,13,15H2,(H,23,26). The molecule has 1 aromatic carbocycles. The number of hydrogen-bond donors (Lipinski definition) is 1. The third kappa shape index (κ3) is 4.12. The molecule has 1 amide bonds. The molecule has 0 radical (unpaired) electrons. The van der Waals surface area contributed by atoms with Gasteiger partial charge in [0.05, 0.1) is 5.69 Å². The molecule has 0 saturated heterocycles. The molecule has 0 aliphatic heterocycles. The third-order valence-electron chi connectivity index (χ3n) is 4.07. The predicted molar refractivity (Wildman–Crippen MR) is 101 cm³/mol. The lowest BCUT2D eigenvalue weighted by Crippen LogP contribution is -2.22. The molecule has 0 aliphatic rings. The Morgan fingerprint density at radius 3 is 2.93 bits per heavy atom. The Labute approximate surface area is 156 Å². The minimum absolute atomic E-state index is 0.156. The number of pyridine rings is 2. The summed E-state index contributed by atoms with van der Waals surface area (Å²) >= 11 is 0. The molecule has 0 atom stereocenters. The van der Waals surface area contributed by atoms with E-state index in [1.54, 1.807) is 30.6 Å². The SMILES string of the molecule is O=C(NCc1cccnc1)c1cccc(OCc2cn3ccccc3n2)c1. The van der Waals surface area contributed by atoms with E-state index in [0.717, 1.165) is 16.9 Å². The number of nitrogens with one attached hydrogen (secondary N) is 1. The number of imidazole rings is 1. The molecule has 0 aliphatic carbocycles. The van der Waals surface area contributed by atoms with Crippen LogP contribution in [0.5, 0.6) is 5.75 Å². The molecule has 6 nitrogen and oxygen atoms in total. The van der Waals surface area contributed by atoms with Gasteiger partial charge in [-0.3, -0.25) is 9.78 Å². The van der Waals surface area contributed by atoms with Crippen LogP contribution in [0.4, 0.5) is 0 Å². The van der Waals surface area contributed by atoms with Crippen molar-refractivity contribution in [3.63, 3.8) is 0 Å². The summed E-state index contributed by atoms with van der Waals surface area (Å²) in [5.41, 5.74) is 3.20. The lowest BCUT2D eigenvalue weighted by Gasteiger charge is -2.08. The van der Waals surface area contributed by atoms with E-state index in [1.165, 1.54) is 0 Å². The third-order valence-corrected chi connectivity index (χ3v) is 4.07. The maximum atomic E-state index is 12.4. The zero-order chi connectivity index (χ0) is 18.5. The number of rotatable bonds is 6. The van der Waals surface area contributed by atoms with E-state index < -0.39 is 0 Å². The van der Waals surface area contributed by atoms with Crippen LogP contribution in [0.1, 0.15) is 21.6 Å². The zero-order valence-corrected chi connectivity index (χ0v) is 14.6. The molecule has 1 N–H and O–H groups in total. The molecule has 0 saturated carbocycles. The van der Waals surface area contributed by atoms with Gasteiger partial charge in [-0.15, -0.1) is 0 Å². The lowest BCUT2D eigenvalue weighted by molar-refractivity contribution is 0.0950. The van der Waals surface area contributed by atoms with Gasteiger partial charge in [-0.25, -0.2) is 4.98 Å². The van der Waals surface area contributed by atoms with Crippen LogP contribution in [0.25, 0.3) is 5.65 Å². The van der Waals surface area contributed by atoms with E-state index in [9.17, 15) is 4.79 Å². The average molecular weight is 358 g/mol. The fourth-order valence-electron chi connectivity index (χ4n) is 2.73. The number of fused-ring (bicyclic) bond motifs is 1. The number of benzene rings is 1. The first-order chi connectivity index (χ1) is 13.3. The number of carbonyl (C=O) groups excluding carboxylic acids is 1. The molecule has 134 valence electrons. The minimum atomic E-state index is -0.156. The van der Waals surface area contributed by atoms with E-state index in [-0.39, 0.29) is 5.91 Å². The second-order valence-corrected chi connectivity index (χ2v) is 6.06. The number of hydrogen-bond acceptors (Lipinski definition) is 4. The van der Waals surface area contributed by atoms with Crippen LogP contribution < -0.4 is 10.1 Å². The summed E-state index contributed by atoms with van der Waals surface area (Å²) in [6.07, 6.45) is 7.31. The van der Waals surface area contributed by atoms with Gasteiger partial charge in [-0.2, -0.15) is 0 Å². The Balaban J connectivity index is 1.38. The summed E-state index contributed by atoms with van der Waals surface area (Å²) in [4.78, 5) is 20.9. The Kier molecular flexibility index (Phi) is 4.78. The summed E-state index contributed by atoms with van der Waals surface area (Å²) in [5, 5.41) is 2.88. The van der Waals surface area contributed by atoms with Crippen LogP contribution in [0.3, 0.4) is 0 Å². The number of aromatic nitrogens is 3. The Bertz CT molecular complexity index is 1030. The van der Waals surface area contributed by atoms with Crippen LogP contribution in [0, 0.1) is 0 Å². The van der Waals surface area contributed by atoms with Crippen molar-refractivity contribution in [3.05, 3.63) is 96.2 Å². The molecule has 0 bridgehead atoms. The molecular formula is C21H18N4O2. The van der Waals surface area contributed by atoms with Gasteiger partial charge >= 0.3 is 0 Å². The van der Waals surface area contributed by atoms with Crippen LogP contribution in [-0.2, 0) is 13.2 Å². The topological polar surface area (TPSA) is 68.5 Å². The minimum Gasteiger partial charge on any atom is -0.487 e. The molecule has 0 unspecified atom stereocenters. The van der Waals surface area contributed by atoms with Gasteiger partial charge in [-0.05, 0) is 42.0 Å². The number of nitrogens with zero attached hydrogens (tertiary/aromatic N) is 3. The summed E-state index contributed by atoms with van der Waals surface area (Å²) in [5.74, 6) is 0.470. The first kappa shape index (κ1) is 16.8. The zero-order valence-electron chi connectivity index (χ0n) is 14.6. The predicted octanol–water partition coefficient (Wildman–Crippen LogP) is 3.24. The van der Waals surface area contributed by atoms with E-state index in [1.807, 2.05) is 53.2 Å². The van der Waals surface area contributed by atoms with Crippen LogP contribution >= 0.6 is 0 Å². The molecule has 3 aromatic heterocycles. The average Bonchev–Trinajstić information content (AvgIpc) is 3.14. The largest absolute Gasteiger partial charge is 0.487 e. The van der Waals surface area contributed by atoms with Gasteiger partial charge in [0, 0.05) is 36.9 Å². The fraction of sp³-hybridized carbons (Fsp3) is 0.0952. The summed E-state index contributed by atoms with van der Waals surface area (Å²) in [6, 6.07) is 16.7. The van der Waals surface area contributed by atoms with Crippen molar-refractivity contribution in [2.75, 3.05) is 0 Å². The highest BCUT2D eigenvalue weighted by atomic mass is 16.5. The summed E-state index contributed by atoms with van der Waals surface area (Å²) in [6.45, 7) is 0.765. The second kappa shape index (κ2) is 7.70. The van der Waals surface area contributed by atoms with Gasteiger partial charge in [-0.1, -0.05) is 18.2 Å². The Morgan fingerprint density at radius 1 is 1.11 bits per heavy atom. The first-order valence-corrected chi connectivity index (χ1v) is 8.60. The molecular weight excluding hydrogens is 340 g/mol. The van der Waals surface area contributed by atoms with Crippen LogP contribution in [0.2, 0.25) is 0 Å². The van der Waals surface area contributed by atoms with Crippen LogP contribution in [0.15, 0.2) is 79.4 Å². The molecule has 0 spiro atoms. The maximum Gasteiger partial charge on any atom is 0.251 e. The van der Waals surface area contributed by atoms with Crippen LogP contribution in [-0.4, -0.2) is 20.3 Å². The van der Waals surface area contributed by atoms with Crippen molar-refractivity contribution in [2.24, 2.45) is 0 Å². The van der Waals surface area contributed by atoms with E-state index in [4.69, 9.17) is 4.74 Å². The van der Waals surface area contributed by atoms with E-state index in [0.29, 0.717) is 24.5 Å². The maximum absolute atomic E-state index is 12.4. The van der Waals surface area contributed by atoms with E-state index in [2.05, 4.69) is 15.3 Å². The highest BCUT2D eigenvalue weighted by molar-refractivity contribution is 5.94. The summed E-state index contributed by atoms with van der Waals surface area (Å²) in [7, 11) is 0. The van der Waals surface area contributed by atoms with Gasteiger partial charge in [0.2, 0.25) is 0 Å². The van der Waals surface area contributed by atoms with Crippen molar-refractivity contribution in [1.29, 1.82) is 0 Å². The lowest BCUT2D eigenvalue weighted by atomic mass is 10.2. The smallest absolute Gasteiger partial charge is 0.251 e. The van der Waals surface area contributed by atoms with Gasteiger partial charge in [0.1, 0.15) is 18.0 Å². The highest BCUT2D eigenvalue weighted by Gasteiger charge is 2.08.